The Balaban J connectivity index is 1.51. The van der Waals surface area contributed by atoms with Gasteiger partial charge in [-0.15, -0.1) is 0 Å². The van der Waals surface area contributed by atoms with Crippen LogP contribution in [-0.2, 0) is 13.1 Å². The first-order valence-corrected chi connectivity index (χ1v) is 9.67. The summed E-state index contributed by atoms with van der Waals surface area (Å²) in [4.78, 5) is 34.8. The van der Waals surface area contributed by atoms with Crippen LogP contribution in [0.3, 0.4) is 0 Å². The minimum absolute atomic E-state index is 0.274. The molecule has 2 aliphatic heterocycles. The lowest BCUT2D eigenvalue weighted by Gasteiger charge is -2.05. The first kappa shape index (κ1) is 19.6. The van der Waals surface area contributed by atoms with Gasteiger partial charge < -0.3 is 9.40 Å². The number of nitrogens with two attached hydrogens (primary N) is 1. The third-order valence-electron chi connectivity index (χ3n) is 5.14. The summed E-state index contributed by atoms with van der Waals surface area (Å²) in [5.41, 5.74) is 5.52. The van der Waals surface area contributed by atoms with Gasteiger partial charge in [0.2, 0.25) is 0 Å². The summed E-state index contributed by atoms with van der Waals surface area (Å²) in [5.74, 6) is 6.14. The fourth-order valence-electron chi connectivity index (χ4n) is 3.53. The lowest BCUT2D eigenvalue weighted by atomic mass is 10.2. The van der Waals surface area contributed by atoms with E-state index in [2.05, 4.69) is 25.4 Å². The number of imidazole rings is 2. The number of benzene rings is 2. The SMILES string of the molecule is NOc1ccc(Cn2cnc3c4nc(=O)n(Cc5ccc(NO)cc5)c-4ncnc32)cc1. The predicted molar refractivity (Wildman–Crippen MR) is 115 cm³/mol. The number of aromatic nitrogens is 6. The second kappa shape index (κ2) is 8.06. The fourth-order valence-corrected chi connectivity index (χ4v) is 3.53. The monoisotopic (exact) mass is 430 g/mol. The van der Waals surface area contributed by atoms with E-state index in [-0.39, 0.29) is 6.54 Å². The van der Waals surface area contributed by atoms with Crippen molar-refractivity contribution in [3.8, 4) is 17.3 Å². The van der Waals surface area contributed by atoms with E-state index in [1.54, 1.807) is 42.7 Å². The van der Waals surface area contributed by atoms with E-state index >= 15 is 0 Å². The van der Waals surface area contributed by atoms with Crippen molar-refractivity contribution in [1.29, 1.82) is 0 Å². The van der Waals surface area contributed by atoms with Crippen LogP contribution in [0.1, 0.15) is 11.1 Å². The quantitative estimate of drug-likeness (QED) is 0.342. The summed E-state index contributed by atoms with van der Waals surface area (Å²) < 4.78 is 3.33. The van der Waals surface area contributed by atoms with Gasteiger partial charge in [-0.1, -0.05) is 24.3 Å². The van der Waals surface area contributed by atoms with Gasteiger partial charge in [0.25, 0.3) is 0 Å². The number of nitrogens with zero attached hydrogens (tertiary/aromatic N) is 6. The molecule has 11 heteroatoms. The number of anilines is 1. The number of rotatable bonds is 6. The topological polar surface area (TPSA) is 146 Å². The van der Waals surface area contributed by atoms with Crippen molar-refractivity contribution in [1.82, 2.24) is 29.1 Å². The summed E-state index contributed by atoms with van der Waals surface area (Å²) >= 11 is 0. The van der Waals surface area contributed by atoms with Gasteiger partial charge in [0.1, 0.15) is 23.3 Å². The molecule has 3 heterocycles. The average molecular weight is 430 g/mol. The van der Waals surface area contributed by atoms with Crippen LogP contribution in [0, 0.1) is 0 Å². The molecule has 0 saturated carbocycles. The normalized spacial score (nSPS) is 11.2. The summed E-state index contributed by atoms with van der Waals surface area (Å²) in [5, 5.41) is 8.97. The molecule has 0 spiro atoms. The van der Waals surface area contributed by atoms with E-state index in [0.717, 1.165) is 11.1 Å². The minimum atomic E-state index is -0.420. The highest BCUT2D eigenvalue weighted by Crippen LogP contribution is 2.24. The van der Waals surface area contributed by atoms with Gasteiger partial charge in [-0.3, -0.25) is 15.3 Å². The molecule has 32 heavy (non-hydrogen) atoms. The van der Waals surface area contributed by atoms with E-state index in [1.165, 1.54) is 10.9 Å². The molecule has 4 N–H and O–H groups in total. The Hall–Kier alpha value is -4.35. The molecule has 160 valence electrons. The standard InChI is InChI=1S/C21H18N8O3/c22-32-16-7-3-13(4-8-16)9-28-12-25-17-18-20(24-11-23-19(17)28)29(21(30)26-18)10-14-1-5-15(27-31)6-2-14/h1-8,11-12,27,31H,9-10,22H2. The summed E-state index contributed by atoms with van der Waals surface area (Å²) in [6, 6.07) is 14.4. The van der Waals surface area contributed by atoms with Gasteiger partial charge in [0.15, 0.2) is 11.5 Å². The lowest BCUT2D eigenvalue weighted by Crippen LogP contribution is -2.17. The summed E-state index contributed by atoms with van der Waals surface area (Å²) in [6.45, 7) is 0.784. The molecule has 0 aliphatic carbocycles. The first-order valence-electron chi connectivity index (χ1n) is 9.67. The maximum Gasteiger partial charge on any atom is 0.350 e. The number of hydrogen-bond donors (Lipinski definition) is 3. The van der Waals surface area contributed by atoms with Crippen molar-refractivity contribution >= 4 is 16.9 Å². The maximum atomic E-state index is 12.7. The Bertz CT molecular complexity index is 1410. The van der Waals surface area contributed by atoms with Crippen molar-refractivity contribution in [2.45, 2.75) is 13.1 Å². The van der Waals surface area contributed by atoms with Crippen molar-refractivity contribution < 1.29 is 10.0 Å². The molecule has 0 saturated heterocycles. The zero-order chi connectivity index (χ0) is 22.1. The molecule has 0 fully saturated rings. The third kappa shape index (κ3) is 3.51. The van der Waals surface area contributed by atoms with E-state index < -0.39 is 5.69 Å². The first-order chi connectivity index (χ1) is 15.7. The number of nitrogens with one attached hydrogen (secondary N) is 1. The van der Waals surface area contributed by atoms with Crippen molar-refractivity contribution in [3.63, 3.8) is 0 Å². The van der Waals surface area contributed by atoms with Crippen LogP contribution in [0.4, 0.5) is 5.69 Å². The second-order valence-corrected chi connectivity index (χ2v) is 7.14. The Kier molecular flexibility index (Phi) is 4.94. The van der Waals surface area contributed by atoms with E-state index in [4.69, 9.17) is 15.9 Å². The molecule has 0 radical (unpaired) electrons. The van der Waals surface area contributed by atoms with Gasteiger partial charge in [-0.05, 0) is 35.4 Å². The molecule has 1 aromatic heterocycles. The molecule has 0 unspecified atom stereocenters. The third-order valence-corrected chi connectivity index (χ3v) is 5.14. The zero-order valence-corrected chi connectivity index (χ0v) is 16.7. The Labute approximate surface area is 181 Å². The van der Waals surface area contributed by atoms with Gasteiger partial charge in [0.05, 0.1) is 25.1 Å². The summed E-state index contributed by atoms with van der Waals surface area (Å²) in [6.07, 6.45) is 3.07. The maximum absolute atomic E-state index is 12.7. The Morgan fingerprint density at radius 2 is 1.69 bits per heavy atom. The Morgan fingerprint density at radius 1 is 0.969 bits per heavy atom. The molecule has 0 amide bonds. The molecule has 3 aromatic rings. The molecule has 0 bridgehead atoms. The van der Waals surface area contributed by atoms with Crippen LogP contribution in [0.5, 0.6) is 5.75 Å². The number of hydrogen-bond acceptors (Lipinski definition) is 9. The predicted octanol–water partition coefficient (Wildman–Crippen LogP) is 1.64. The highest BCUT2D eigenvalue weighted by atomic mass is 16.6. The van der Waals surface area contributed by atoms with Gasteiger partial charge in [0, 0.05) is 0 Å². The minimum Gasteiger partial charge on any atom is -0.412 e. The van der Waals surface area contributed by atoms with Crippen LogP contribution in [0.15, 0.2) is 66.0 Å². The lowest BCUT2D eigenvalue weighted by molar-refractivity contribution is 0.334. The van der Waals surface area contributed by atoms with Crippen molar-refractivity contribution in [2.75, 3.05) is 5.48 Å². The molecular weight excluding hydrogens is 412 g/mol. The van der Waals surface area contributed by atoms with E-state index in [0.29, 0.717) is 40.7 Å². The molecular formula is C21H18N8O3. The molecule has 11 nitrogen and oxygen atoms in total. The van der Waals surface area contributed by atoms with Gasteiger partial charge in [-0.25, -0.2) is 19.7 Å². The molecule has 2 aliphatic rings. The van der Waals surface area contributed by atoms with Crippen molar-refractivity contribution in [2.24, 2.45) is 5.90 Å². The molecule has 5 rings (SSSR count). The van der Waals surface area contributed by atoms with Crippen molar-refractivity contribution in [3.05, 3.63) is 82.8 Å². The van der Waals surface area contributed by atoms with Gasteiger partial charge >= 0.3 is 5.69 Å². The molecule has 0 atom stereocenters. The highest BCUT2D eigenvalue weighted by molar-refractivity contribution is 5.85. The van der Waals surface area contributed by atoms with Crippen LogP contribution in [0.25, 0.3) is 22.7 Å². The largest absolute Gasteiger partial charge is 0.412 e. The van der Waals surface area contributed by atoms with Crippen LogP contribution >= 0.6 is 0 Å². The number of fused-ring (bicyclic) bond motifs is 3. The van der Waals surface area contributed by atoms with E-state index in [9.17, 15) is 4.79 Å². The smallest absolute Gasteiger partial charge is 0.350 e. The van der Waals surface area contributed by atoms with Gasteiger partial charge in [-0.2, -0.15) is 10.9 Å². The average Bonchev–Trinajstić information content (AvgIpc) is 3.29. The summed E-state index contributed by atoms with van der Waals surface area (Å²) in [7, 11) is 0. The highest BCUT2D eigenvalue weighted by Gasteiger charge is 2.21. The molecule has 2 aromatic carbocycles. The van der Waals surface area contributed by atoms with E-state index in [1.807, 2.05) is 16.7 Å². The second-order valence-electron chi connectivity index (χ2n) is 7.14. The fraction of sp³-hybridized carbons (Fsp3) is 0.0952. The van der Waals surface area contributed by atoms with Crippen LogP contribution in [0.2, 0.25) is 0 Å². The van der Waals surface area contributed by atoms with Crippen LogP contribution in [-0.4, -0.2) is 34.3 Å². The van der Waals surface area contributed by atoms with Crippen LogP contribution < -0.4 is 21.9 Å². The zero-order valence-electron chi connectivity index (χ0n) is 16.7. The Morgan fingerprint density at radius 3 is 2.41 bits per heavy atom.